The Labute approximate surface area is 92.3 Å². The van der Waals surface area contributed by atoms with E-state index in [0.717, 1.165) is 19.5 Å². The Morgan fingerprint density at radius 2 is 2.20 bits per heavy atom. The van der Waals surface area contributed by atoms with Gasteiger partial charge in [0, 0.05) is 13.1 Å². The molecule has 1 aliphatic heterocycles. The van der Waals surface area contributed by atoms with Crippen LogP contribution in [0.1, 0.15) is 16.7 Å². The Kier molecular flexibility index (Phi) is 3.39. The number of fused-ring (bicyclic) bond motifs is 1. The Bertz CT molecular complexity index is 333. The summed E-state index contributed by atoms with van der Waals surface area (Å²) >= 11 is 0. The zero-order chi connectivity index (χ0) is 10.7. The van der Waals surface area contributed by atoms with Crippen LogP contribution in [0, 0.1) is 0 Å². The normalized spacial score (nSPS) is 16.4. The minimum atomic E-state index is 1.07. The van der Waals surface area contributed by atoms with Gasteiger partial charge >= 0.3 is 0 Å². The fourth-order valence-corrected chi connectivity index (χ4v) is 2.17. The minimum Gasteiger partial charge on any atom is -0.319 e. The first-order valence-electron chi connectivity index (χ1n) is 5.73. The third-order valence-corrected chi connectivity index (χ3v) is 3.14. The summed E-state index contributed by atoms with van der Waals surface area (Å²) in [5.41, 5.74) is 4.53. The highest BCUT2D eigenvalue weighted by Gasteiger charge is 2.12. The molecule has 1 N–H and O–H groups in total. The third-order valence-electron chi connectivity index (χ3n) is 3.14. The predicted molar refractivity (Wildman–Crippen MR) is 64.1 cm³/mol. The van der Waals surface area contributed by atoms with Gasteiger partial charge in [-0.05, 0) is 50.2 Å². The fourth-order valence-electron chi connectivity index (χ4n) is 2.17. The summed E-state index contributed by atoms with van der Waals surface area (Å²) in [5.74, 6) is 0. The molecule has 0 radical (unpaired) electrons. The van der Waals surface area contributed by atoms with Gasteiger partial charge in [0.25, 0.3) is 0 Å². The van der Waals surface area contributed by atoms with E-state index in [2.05, 4.69) is 35.5 Å². The second kappa shape index (κ2) is 4.77. The molecule has 0 saturated heterocycles. The summed E-state index contributed by atoms with van der Waals surface area (Å²) in [6.07, 6.45) is 2.35. The molecule has 0 aromatic heterocycles. The van der Waals surface area contributed by atoms with Crippen molar-refractivity contribution in [1.82, 2.24) is 10.2 Å². The van der Waals surface area contributed by atoms with Gasteiger partial charge in [0.1, 0.15) is 0 Å². The summed E-state index contributed by atoms with van der Waals surface area (Å²) in [4.78, 5) is 2.38. The van der Waals surface area contributed by atoms with Gasteiger partial charge < -0.3 is 10.2 Å². The highest BCUT2D eigenvalue weighted by Crippen LogP contribution is 2.19. The van der Waals surface area contributed by atoms with Gasteiger partial charge in [-0.15, -0.1) is 0 Å². The van der Waals surface area contributed by atoms with E-state index in [1.54, 1.807) is 5.56 Å². The molecule has 15 heavy (non-hydrogen) atoms. The van der Waals surface area contributed by atoms with Crippen LogP contribution in [0.3, 0.4) is 0 Å². The lowest BCUT2D eigenvalue weighted by Crippen LogP contribution is -2.26. The third kappa shape index (κ3) is 2.58. The van der Waals surface area contributed by atoms with Crippen molar-refractivity contribution in [1.29, 1.82) is 0 Å². The maximum atomic E-state index is 3.20. The molecule has 0 bridgehead atoms. The summed E-state index contributed by atoms with van der Waals surface area (Å²) in [7, 11) is 4.20. The van der Waals surface area contributed by atoms with Crippen LogP contribution < -0.4 is 5.32 Å². The van der Waals surface area contributed by atoms with Crippen LogP contribution in [-0.2, 0) is 19.4 Å². The van der Waals surface area contributed by atoms with Crippen molar-refractivity contribution in [3.63, 3.8) is 0 Å². The lowest BCUT2D eigenvalue weighted by atomic mass is 9.96. The van der Waals surface area contributed by atoms with E-state index in [-0.39, 0.29) is 0 Å². The average Bonchev–Trinajstić information content (AvgIpc) is 2.26. The van der Waals surface area contributed by atoms with Crippen LogP contribution >= 0.6 is 0 Å². The van der Waals surface area contributed by atoms with Gasteiger partial charge in [0.2, 0.25) is 0 Å². The minimum absolute atomic E-state index is 1.07. The number of nitrogens with one attached hydrogen (secondary N) is 1. The zero-order valence-corrected chi connectivity index (χ0v) is 9.71. The monoisotopic (exact) mass is 204 g/mol. The fraction of sp³-hybridized carbons (Fsp3) is 0.538. The summed E-state index contributed by atoms with van der Waals surface area (Å²) < 4.78 is 0. The van der Waals surface area contributed by atoms with Crippen LogP contribution in [-0.4, -0.2) is 32.1 Å². The topological polar surface area (TPSA) is 15.3 Å². The van der Waals surface area contributed by atoms with Crippen molar-refractivity contribution in [3.05, 3.63) is 34.9 Å². The van der Waals surface area contributed by atoms with Crippen molar-refractivity contribution in [2.75, 3.05) is 27.2 Å². The second-order valence-electron chi connectivity index (χ2n) is 4.44. The molecular weight excluding hydrogens is 184 g/mol. The molecule has 0 amide bonds. The van der Waals surface area contributed by atoms with E-state index in [9.17, 15) is 0 Å². The Morgan fingerprint density at radius 1 is 1.33 bits per heavy atom. The van der Waals surface area contributed by atoms with E-state index in [1.807, 2.05) is 7.05 Å². The van der Waals surface area contributed by atoms with E-state index in [0.29, 0.717) is 0 Å². The predicted octanol–water partition coefficient (Wildman–Crippen LogP) is 1.44. The standard InChI is InChI=1S/C13H20N2/c1-14-7-5-11-3-4-13-10-15(2)8-6-12(13)9-11/h3-4,9,14H,5-8,10H2,1-2H3. The molecule has 2 heteroatoms. The Hall–Kier alpha value is -0.860. The number of benzene rings is 1. The SMILES string of the molecule is CNCCc1ccc2c(c1)CCN(C)C2. The van der Waals surface area contributed by atoms with Crippen molar-refractivity contribution >= 4 is 0 Å². The van der Waals surface area contributed by atoms with Gasteiger partial charge in [0.05, 0.1) is 0 Å². The van der Waals surface area contributed by atoms with Gasteiger partial charge in [-0.3, -0.25) is 0 Å². The summed E-state index contributed by atoms with van der Waals surface area (Å²) in [6.45, 7) is 3.38. The lowest BCUT2D eigenvalue weighted by Gasteiger charge is -2.25. The molecule has 0 fully saturated rings. The van der Waals surface area contributed by atoms with Gasteiger partial charge in [-0.1, -0.05) is 18.2 Å². The molecule has 1 aromatic carbocycles. The van der Waals surface area contributed by atoms with E-state index in [1.165, 1.54) is 24.1 Å². The molecule has 82 valence electrons. The first-order chi connectivity index (χ1) is 7.29. The summed E-state index contributed by atoms with van der Waals surface area (Å²) in [6, 6.07) is 6.96. The molecular formula is C13H20N2. The highest BCUT2D eigenvalue weighted by molar-refractivity contribution is 5.33. The smallest absolute Gasteiger partial charge is 0.0233 e. The largest absolute Gasteiger partial charge is 0.319 e. The zero-order valence-electron chi connectivity index (χ0n) is 9.71. The van der Waals surface area contributed by atoms with Crippen molar-refractivity contribution < 1.29 is 0 Å². The Morgan fingerprint density at radius 3 is 3.00 bits per heavy atom. The summed E-state index contributed by atoms with van der Waals surface area (Å²) in [5, 5.41) is 3.20. The van der Waals surface area contributed by atoms with Crippen molar-refractivity contribution in [2.24, 2.45) is 0 Å². The molecule has 0 saturated carbocycles. The van der Waals surface area contributed by atoms with Gasteiger partial charge in [-0.2, -0.15) is 0 Å². The van der Waals surface area contributed by atoms with Gasteiger partial charge in [-0.25, -0.2) is 0 Å². The molecule has 0 spiro atoms. The number of hydrogen-bond acceptors (Lipinski definition) is 2. The van der Waals surface area contributed by atoms with Crippen LogP contribution in [0.15, 0.2) is 18.2 Å². The van der Waals surface area contributed by atoms with Crippen LogP contribution in [0.5, 0.6) is 0 Å². The second-order valence-corrected chi connectivity index (χ2v) is 4.44. The van der Waals surface area contributed by atoms with Crippen LogP contribution in [0.25, 0.3) is 0 Å². The lowest BCUT2D eigenvalue weighted by molar-refractivity contribution is 0.313. The molecule has 1 aliphatic rings. The van der Waals surface area contributed by atoms with Crippen LogP contribution in [0.2, 0.25) is 0 Å². The molecule has 1 aromatic rings. The maximum absolute atomic E-state index is 3.20. The number of rotatable bonds is 3. The van der Waals surface area contributed by atoms with Crippen LogP contribution in [0.4, 0.5) is 0 Å². The molecule has 0 atom stereocenters. The highest BCUT2D eigenvalue weighted by atomic mass is 15.1. The number of hydrogen-bond donors (Lipinski definition) is 1. The number of nitrogens with zero attached hydrogens (tertiary/aromatic N) is 1. The quantitative estimate of drug-likeness (QED) is 0.801. The molecule has 2 nitrogen and oxygen atoms in total. The molecule has 0 aliphatic carbocycles. The molecule has 0 unspecified atom stereocenters. The van der Waals surface area contributed by atoms with Crippen molar-refractivity contribution in [2.45, 2.75) is 19.4 Å². The molecule has 2 rings (SSSR count). The first-order valence-corrected chi connectivity index (χ1v) is 5.73. The maximum Gasteiger partial charge on any atom is 0.0233 e. The van der Waals surface area contributed by atoms with E-state index in [4.69, 9.17) is 0 Å². The first kappa shape index (κ1) is 10.7. The number of likely N-dealkylation sites (N-methyl/N-ethyl adjacent to an activating group) is 2. The molecule has 1 heterocycles. The van der Waals surface area contributed by atoms with E-state index < -0.39 is 0 Å². The van der Waals surface area contributed by atoms with E-state index >= 15 is 0 Å². The Balaban J connectivity index is 2.12. The average molecular weight is 204 g/mol. The van der Waals surface area contributed by atoms with Crippen molar-refractivity contribution in [3.8, 4) is 0 Å². The van der Waals surface area contributed by atoms with Gasteiger partial charge in [0.15, 0.2) is 0 Å².